The van der Waals surface area contributed by atoms with Gasteiger partial charge in [-0.2, -0.15) is 8.42 Å². The Bertz CT molecular complexity index is 624. The third kappa shape index (κ3) is 5.97. The van der Waals surface area contributed by atoms with Crippen molar-refractivity contribution in [2.45, 2.75) is 12.2 Å². The van der Waals surface area contributed by atoms with Crippen molar-refractivity contribution in [3.05, 3.63) is 66.2 Å². The van der Waals surface area contributed by atoms with Gasteiger partial charge in [0, 0.05) is 6.42 Å². The molecule has 0 spiro atoms. The van der Waals surface area contributed by atoms with Crippen LogP contribution in [-0.2, 0) is 20.1 Å². The zero-order valence-corrected chi connectivity index (χ0v) is 12.5. The Morgan fingerprint density at radius 2 is 1.43 bits per heavy atom. The standard InChI is InChI=1S/C16H18O4S/c17-21(18,14-15-8-3-1-4-9-15)20-13-7-12-19-16-10-5-2-6-11-16/h1-6,8-11H,7,12-14H2. The van der Waals surface area contributed by atoms with E-state index in [2.05, 4.69) is 0 Å². The quantitative estimate of drug-likeness (QED) is 0.556. The summed E-state index contributed by atoms with van der Waals surface area (Å²) >= 11 is 0. The molecular weight excluding hydrogens is 288 g/mol. The monoisotopic (exact) mass is 306 g/mol. The highest BCUT2D eigenvalue weighted by molar-refractivity contribution is 7.85. The third-order valence-electron chi connectivity index (χ3n) is 2.75. The van der Waals surface area contributed by atoms with E-state index in [1.54, 1.807) is 24.3 Å². The van der Waals surface area contributed by atoms with Crippen LogP contribution in [0.1, 0.15) is 12.0 Å². The number of benzene rings is 2. The summed E-state index contributed by atoms with van der Waals surface area (Å²) in [5.74, 6) is 0.664. The Balaban J connectivity index is 1.68. The molecule has 0 saturated carbocycles. The molecule has 2 rings (SSSR count). The Labute approximate surface area is 125 Å². The molecular formula is C16H18O4S. The first-order chi connectivity index (χ1) is 10.2. The Kier molecular flexibility index (Phi) is 5.78. The predicted octanol–water partition coefficient (Wildman–Crippen LogP) is 3.00. The van der Waals surface area contributed by atoms with Crippen molar-refractivity contribution < 1.29 is 17.3 Å². The summed E-state index contributed by atoms with van der Waals surface area (Å²) in [6, 6.07) is 18.4. The fourth-order valence-corrected chi connectivity index (χ4v) is 2.83. The lowest BCUT2D eigenvalue weighted by atomic mass is 10.2. The van der Waals surface area contributed by atoms with Gasteiger partial charge in [-0.05, 0) is 17.7 Å². The largest absolute Gasteiger partial charge is 0.494 e. The van der Waals surface area contributed by atoms with E-state index in [1.165, 1.54) is 0 Å². The zero-order chi connectivity index (χ0) is 15.0. The van der Waals surface area contributed by atoms with E-state index in [0.717, 1.165) is 11.3 Å². The molecule has 21 heavy (non-hydrogen) atoms. The molecule has 0 aliphatic carbocycles. The van der Waals surface area contributed by atoms with Gasteiger partial charge in [-0.15, -0.1) is 0 Å². The van der Waals surface area contributed by atoms with Gasteiger partial charge in [-0.1, -0.05) is 48.5 Å². The molecule has 0 atom stereocenters. The molecule has 0 aromatic heterocycles. The van der Waals surface area contributed by atoms with Crippen LogP contribution in [0.15, 0.2) is 60.7 Å². The molecule has 0 fully saturated rings. The second kappa shape index (κ2) is 7.81. The molecule has 0 amide bonds. The van der Waals surface area contributed by atoms with Gasteiger partial charge in [0.05, 0.1) is 13.2 Å². The maximum absolute atomic E-state index is 11.8. The molecule has 2 aromatic rings. The minimum Gasteiger partial charge on any atom is -0.494 e. The number of hydrogen-bond donors (Lipinski definition) is 0. The molecule has 2 aromatic carbocycles. The SMILES string of the molecule is O=S(=O)(Cc1ccccc1)OCCCOc1ccccc1. The molecule has 0 radical (unpaired) electrons. The average molecular weight is 306 g/mol. The van der Waals surface area contributed by atoms with E-state index in [-0.39, 0.29) is 12.4 Å². The van der Waals surface area contributed by atoms with Crippen LogP contribution in [0, 0.1) is 0 Å². The van der Waals surface area contributed by atoms with E-state index >= 15 is 0 Å². The van der Waals surface area contributed by atoms with Gasteiger partial charge in [0.15, 0.2) is 0 Å². The summed E-state index contributed by atoms with van der Waals surface area (Å²) in [5, 5.41) is 0. The first kappa shape index (κ1) is 15.5. The Morgan fingerprint density at radius 3 is 2.10 bits per heavy atom. The average Bonchev–Trinajstić information content (AvgIpc) is 2.48. The summed E-state index contributed by atoms with van der Waals surface area (Å²) in [4.78, 5) is 0. The number of hydrogen-bond acceptors (Lipinski definition) is 4. The van der Waals surface area contributed by atoms with Gasteiger partial charge in [0.25, 0.3) is 10.1 Å². The minimum atomic E-state index is -3.54. The van der Waals surface area contributed by atoms with Gasteiger partial charge >= 0.3 is 0 Å². The zero-order valence-electron chi connectivity index (χ0n) is 11.6. The summed E-state index contributed by atoms with van der Waals surface area (Å²) in [5.41, 5.74) is 0.720. The van der Waals surface area contributed by atoms with Crippen LogP contribution in [0.25, 0.3) is 0 Å². The highest BCUT2D eigenvalue weighted by atomic mass is 32.2. The smallest absolute Gasteiger partial charge is 0.271 e. The fourth-order valence-electron chi connectivity index (χ4n) is 1.77. The van der Waals surface area contributed by atoms with Crippen LogP contribution >= 0.6 is 0 Å². The summed E-state index contributed by atoms with van der Waals surface area (Å²) in [6.07, 6.45) is 0.517. The van der Waals surface area contributed by atoms with Gasteiger partial charge in [-0.25, -0.2) is 0 Å². The molecule has 4 nitrogen and oxygen atoms in total. The van der Waals surface area contributed by atoms with E-state index in [1.807, 2.05) is 36.4 Å². The van der Waals surface area contributed by atoms with Gasteiger partial charge in [-0.3, -0.25) is 4.18 Å². The van der Waals surface area contributed by atoms with Crippen LogP contribution in [0.4, 0.5) is 0 Å². The van der Waals surface area contributed by atoms with Crippen molar-refractivity contribution in [2.75, 3.05) is 13.2 Å². The second-order valence-electron chi connectivity index (χ2n) is 4.52. The lowest BCUT2D eigenvalue weighted by Crippen LogP contribution is -2.11. The molecule has 0 unspecified atom stereocenters. The van der Waals surface area contributed by atoms with Crippen LogP contribution < -0.4 is 4.74 Å². The van der Waals surface area contributed by atoms with E-state index in [9.17, 15) is 8.42 Å². The van der Waals surface area contributed by atoms with Crippen LogP contribution in [-0.4, -0.2) is 21.6 Å². The van der Waals surface area contributed by atoms with Crippen molar-refractivity contribution in [3.63, 3.8) is 0 Å². The molecule has 0 aliphatic heterocycles. The Morgan fingerprint density at radius 1 is 0.810 bits per heavy atom. The third-order valence-corrected chi connectivity index (χ3v) is 3.96. The van der Waals surface area contributed by atoms with Crippen molar-refractivity contribution in [1.82, 2.24) is 0 Å². The molecule has 112 valence electrons. The summed E-state index contributed by atoms with van der Waals surface area (Å²) in [6.45, 7) is 0.548. The molecule has 0 aliphatic rings. The first-order valence-corrected chi connectivity index (χ1v) is 8.32. The predicted molar refractivity (Wildman–Crippen MR) is 81.6 cm³/mol. The first-order valence-electron chi connectivity index (χ1n) is 6.75. The highest BCUT2D eigenvalue weighted by Crippen LogP contribution is 2.10. The lowest BCUT2D eigenvalue weighted by molar-refractivity contribution is 0.250. The van der Waals surface area contributed by atoms with Crippen LogP contribution in [0.3, 0.4) is 0 Å². The van der Waals surface area contributed by atoms with Crippen molar-refractivity contribution in [3.8, 4) is 5.75 Å². The number of ether oxygens (including phenoxy) is 1. The van der Waals surface area contributed by atoms with Crippen LogP contribution in [0.5, 0.6) is 5.75 Å². The van der Waals surface area contributed by atoms with Gasteiger partial charge in [0.2, 0.25) is 0 Å². The summed E-state index contributed by atoms with van der Waals surface area (Å²) < 4.78 is 34.0. The molecule has 0 bridgehead atoms. The maximum atomic E-state index is 11.8. The van der Waals surface area contributed by atoms with E-state index in [4.69, 9.17) is 8.92 Å². The van der Waals surface area contributed by atoms with Crippen molar-refractivity contribution in [1.29, 1.82) is 0 Å². The van der Waals surface area contributed by atoms with Gasteiger partial charge < -0.3 is 4.74 Å². The molecule has 0 saturated heterocycles. The van der Waals surface area contributed by atoms with Crippen molar-refractivity contribution in [2.24, 2.45) is 0 Å². The topological polar surface area (TPSA) is 52.6 Å². The summed E-state index contributed by atoms with van der Waals surface area (Å²) in [7, 11) is -3.54. The second-order valence-corrected chi connectivity index (χ2v) is 6.16. The van der Waals surface area contributed by atoms with E-state index in [0.29, 0.717) is 13.0 Å². The van der Waals surface area contributed by atoms with E-state index < -0.39 is 10.1 Å². The molecule has 0 N–H and O–H groups in total. The highest BCUT2D eigenvalue weighted by Gasteiger charge is 2.11. The molecule has 0 heterocycles. The maximum Gasteiger partial charge on any atom is 0.271 e. The normalized spacial score (nSPS) is 11.2. The van der Waals surface area contributed by atoms with Gasteiger partial charge in [0.1, 0.15) is 11.5 Å². The minimum absolute atomic E-state index is 0.104. The van der Waals surface area contributed by atoms with Crippen molar-refractivity contribution >= 4 is 10.1 Å². The number of para-hydroxylation sites is 1. The Hall–Kier alpha value is -1.85. The fraction of sp³-hybridized carbons (Fsp3) is 0.250. The van der Waals surface area contributed by atoms with Crippen LogP contribution in [0.2, 0.25) is 0 Å². The molecule has 5 heteroatoms. The lowest BCUT2D eigenvalue weighted by Gasteiger charge is -2.07. The number of rotatable bonds is 8.